The molecule has 0 spiro atoms. The van der Waals surface area contributed by atoms with Crippen molar-refractivity contribution in [3.05, 3.63) is 42.1 Å². The first-order valence-electron chi connectivity index (χ1n) is 10.6. The number of anilines is 2. The summed E-state index contributed by atoms with van der Waals surface area (Å²) in [5, 5.41) is 5.49. The molecule has 0 saturated carbocycles. The predicted octanol–water partition coefficient (Wildman–Crippen LogP) is 3.76. The van der Waals surface area contributed by atoms with Crippen LogP contribution in [0.25, 0.3) is 16.6 Å². The van der Waals surface area contributed by atoms with Crippen LogP contribution in [0.5, 0.6) is 0 Å². The Morgan fingerprint density at radius 3 is 2.68 bits per heavy atom. The van der Waals surface area contributed by atoms with Crippen LogP contribution in [0.3, 0.4) is 0 Å². The summed E-state index contributed by atoms with van der Waals surface area (Å²) in [4.78, 5) is 21.0. The fourth-order valence-electron chi connectivity index (χ4n) is 3.93. The van der Waals surface area contributed by atoms with E-state index in [0.717, 1.165) is 28.0 Å². The molecule has 8 nitrogen and oxygen atoms in total. The lowest BCUT2D eigenvalue weighted by Crippen LogP contribution is -2.54. The van der Waals surface area contributed by atoms with Crippen molar-refractivity contribution in [3.8, 4) is 5.69 Å². The molecule has 4 rings (SSSR count). The number of ether oxygens (including phenoxy) is 1. The number of carbonyl (C=O) groups excluding carboxylic acids is 1. The lowest BCUT2D eigenvalue weighted by molar-refractivity contribution is 0.0218. The smallest absolute Gasteiger partial charge is 0.410 e. The van der Waals surface area contributed by atoms with Gasteiger partial charge in [0, 0.05) is 43.3 Å². The van der Waals surface area contributed by atoms with E-state index in [0.29, 0.717) is 25.5 Å². The van der Waals surface area contributed by atoms with Crippen molar-refractivity contribution >= 4 is 28.6 Å². The van der Waals surface area contributed by atoms with Gasteiger partial charge in [-0.05, 0) is 58.4 Å². The van der Waals surface area contributed by atoms with Gasteiger partial charge in [-0.1, -0.05) is 6.07 Å². The number of aromatic nitrogens is 3. The Kier molecular flexibility index (Phi) is 5.24. The van der Waals surface area contributed by atoms with E-state index >= 15 is 0 Å². The molecule has 1 amide bonds. The van der Waals surface area contributed by atoms with E-state index < -0.39 is 5.60 Å². The van der Waals surface area contributed by atoms with Crippen molar-refractivity contribution in [2.75, 3.05) is 30.3 Å². The molecule has 0 radical (unpaired) electrons. The highest BCUT2D eigenvalue weighted by molar-refractivity contribution is 5.90. The molecule has 3 heterocycles. The van der Waals surface area contributed by atoms with Crippen LogP contribution in [0.1, 0.15) is 33.3 Å². The van der Waals surface area contributed by atoms with Crippen LogP contribution < -0.4 is 10.6 Å². The van der Waals surface area contributed by atoms with Crippen molar-refractivity contribution in [1.82, 2.24) is 19.7 Å². The maximum absolute atomic E-state index is 12.4. The monoisotopic (exact) mass is 422 g/mol. The SMILES string of the molecule is Cc1ccc2c(N)nn(-c3ccnc(N4CCN(C(=O)OC(C)(C)C)C[C@@H]4C)c3)c2c1. The standard InChI is InChI=1S/C23H30N6O2/c1-15-6-7-18-19(12-15)29(26-21(18)24)17-8-9-25-20(13-17)28-11-10-27(14-16(28)2)22(30)31-23(3,4)5/h6-9,12-13,16H,10-11,14H2,1-5H3,(H2,24,26)/t16-/m0/s1. The van der Waals surface area contributed by atoms with E-state index in [1.165, 1.54) is 0 Å². The van der Waals surface area contributed by atoms with Gasteiger partial charge in [-0.3, -0.25) is 0 Å². The molecule has 0 bridgehead atoms. The Balaban J connectivity index is 1.57. The van der Waals surface area contributed by atoms with Gasteiger partial charge >= 0.3 is 6.09 Å². The Labute approximate surface area is 182 Å². The number of hydrogen-bond acceptors (Lipinski definition) is 6. The summed E-state index contributed by atoms with van der Waals surface area (Å²) in [6, 6.07) is 10.2. The maximum atomic E-state index is 12.4. The van der Waals surface area contributed by atoms with E-state index in [1.54, 1.807) is 11.1 Å². The number of aryl methyl sites for hydroxylation is 1. The summed E-state index contributed by atoms with van der Waals surface area (Å²) in [6.45, 7) is 11.6. The quantitative estimate of drug-likeness (QED) is 0.676. The molecular weight excluding hydrogens is 392 g/mol. The van der Waals surface area contributed by atoms with Gasteiger partial charge in [0.05, 0.1) is 11.2 Å². The van der Waals surface area contributed by atoms with Gasteiger partial charge in [-0.25, -0.2) is 14.5 Å². The number of nitrogens with zero attached hydrogens (tertiary/aromatic N) is 5. The van der Waals surface area contributed by atoms with Gasteiger partial charge in [0.15, 0.2) is 5.82 Å². The molecule has 1 fully saturated rings. The third-order valence-electron chi connectivity index (χ3n) is 5.41. The zero-order valence-electron chi connectivity index (χ0n) is 18.8. The van der Waals surface area contributed by atoms with E-state index in [1.807, 2.05) is 49.7 Å². The number of piperazine rings is 1. The summed E-state index contributed by atoms with van der Waals surface area (Å²) in [6.07, 6.45) is 1.52. The lowest BCUT2D eigenvalue weighted by atomic mass is 10.1. The molecule has 31 heavy (non-hydrogen) atoms. The highest BCUT2D eigenvalue weighted by atomic mass is 16.6. The van der Waals surface area contributed by atoms with Crippen LogP contribution in [0.2, 0.25) is 0 Å². The van der Waals surface area contributed by atoms with E-state index in [2.05, 4.69) is 34.9 Å². The zero-order chi connectivity index (χ0) is 22.3. The van der Waals surface area contributed by atoms with Gasteiger partial charge in [0.2, 0.25) is 0 Å². The minimum atomic E-state index is -0.500. The summed E-state index contributed by atoms with van der Waals surface area (Å²) < 4.78 is 7.39. The molecule has 2 N–H and O–H groups in total. The molecule has 1 saturated heterocycles. The Hall–Kier alpha value is -3.29. The predicted molar refractivity (Wildman–Crippen MR) is 123 cm³/mol. The first-order valence-corrected chi connectivity index (χ1v) is 10.6. The van der Waals surface area contributed by atoms with E-state index in [4.69, 9.17) is 10.5 Å². The number of nitrogens with two attached hydrogens (primary N) is 1. The number of hydrogen-bond donors (Lipinski definition) is 1. The molecule has 8 heteroatoms. The Morgan fingerprint density at radius 1 is 1.19 bits per heavy atom. The average molecular weight is 423 g/mol. The molecular formula is C23H30N6O2. The van der Waals surface area contributed by atoms with Gasteiger partial charge in [-0.2, -0.15) is 0 Å². The average Bonchev–Trinajstić information content (AvgIpc) is 3.02. The lowest BCUT2D eigenvalue weighted by Gasteiger charge is -2.40. The largest absolute Gasteiger partial charge is 0.444 e. The van der Waals surface area contributed by atoms with Crippen LogP contribution in [0, 0.1) is 6.92 Å². The summed E-state index contributed by atoms with van der Waals surface area (Å²) in [5.41, 5.74) is 8.67. The van der Waals surface area contributed by atoms with Gasteiger partial charge in [0.1, 0.15) is 11.4 Å². The highest BCUT2D eigenvalue weighted by Crippen LogP contribution is 2.27. The number of fused-ring (bicyclic) bond motifs is 1. The van der Waals surface area contributed by atoms with E-state index in [9.17, 15) is 4.79 Å². The number of carbonyl (C=O) groups is 1. The second kappa shape index (κ2) is 7.76. The topological polar surface area (TPSA) is 89.5 Å². The first-order chi connectivity index (χ1) is 14.6. The molecule has 164 valence electrons. The summed E-state index contributed by atoms with van der Waals surface area (Å²) in [7, 11) is 0. The van der Waals surface area contributed by atoms with Gasteiger partial charge < -0.3 is 20.3 Å². The minimum Gasteiger partial charge on any atom is -0.444 e. The van der Waals surface area contributed by atoms with Crippen LogP contribution in [0.4, 0.5) is 16.4 Å². The van der Waals surface area contributed by atoms with Crippen molar-refractivity contribution in [3.63, 3.8) is 0 Å². The van der Waals surface area contributed by atoms with Gasteiger partial charge in [-0.15, -0.1) is 5.10 Å². The normalized spacial score (nSPS) is 17.3. The minimum absolute atomic E-state index is 0.102. The molecule has 0 unspecified atom stereocenters. The van der Waals surface area contributed by atoms with Crippen LogP contribution in [-0.2, 0) is 4.74 Å². The van der Waals surface area contributed by atoms with Crippen LogP contribution in [-0.4, -0.2) is 57.0 Å². The van der Waals surface area contributed by atoms with Crippen LogP contribution >= 0.6 is 0 Å². The molecule has 0 aliphatic carbocycles. The number of amides is 1. The van der Waals surface area contributed by atoms with Crippen molar-refractivity contribution in [2.45, 2.75) is 46.3 Å². The van der Waals surface area contributed by atoms with Crippen LogP contribution in [0.15, 0.2) is 36.5 Å². The fourth-order valence-corrected chi connectivity index (χ4v) is 3.93. The molecule has 1 aliphatic heterocycles. The van der Waals surface area contributed by atoms with Gasteiger partial charge in [0.25, 0.3) is 0 Å². The molecule has 3 aromatic rings. The number of pyridine rings is 1. The number of benzene rings is 1. The van der Waals surface area contributed by atoms with Crippen molar-refractivity contribution < 1.29 is 9.53 Å². The Morgan fingerprint density at radius 2 is 1.97 bits per heavy atom. The Bertz CT molecular complexity index is 1120. The zero-order valence-corrected chi connectivity index (χ0v) is 18.8. The number of nitrogen functional groups attached to an aromatic ring is 1. The first kappa shape index (κ1) is 21.0. The summed E-state index contributed by atoms with van der Waals surface area (Å²) in [5.74, 6) is 1.36. The third-order valence-corrected chi connectivity index (χ3v) is 5.41. The molecule has 1 atom stereocenters. The highest BCUT2D eigenvalue weighted by Gasteiger charge is 2.30. The second-order valence-electron chi connectivity index (χ2n) is 9.16. The van der Waals surface area contributed by atoms with Crippen molar-refractivity contribution in [1.29, 1.82) is 0 Å². The molecule has 2 aromatic heterocycles. The maximum Gasteiger partial charge on any atom is 0.410 e. The van der Waals surface area contributed by atoms with E-state index in [-0.39, 0.29) is 12.1 Å². The van der Waals surface area contributed by atoms with Crippen molar-refractivity contribution in [2.24, 2.45) is 0 Å². The second-order valence-corrected chi connectivity index (χ2v) is 9.16. The molecule has 1 aliphatic rings. The molecule has 1 aromatic carbocycles. The third kappa shape index (κ3) is 4.28. The summed E-state index contributed by atoms with van der Waals surface area (Å²) >= 11 is 0. The fraction of sp³-hybridized carbons (Fsp3) is 0.435. The number of rotatable bonds is 2.